The van der Waals surface area contributed by atoms with Gasteiger partial charge in [-0.05, 0) is 52.2 Å². The third-order valence-corrected chi connectivity index (χ3v) is 4.27. The summed E-state index contributed by atoms with van der Waals surface area (Å²) in [6.45, 7) is 1.80. The third kappa shape index (κ3) is 3.30. The second-order valence-corrected chi connectivity index (χ2v) is 5.87. The minimum atomic E-state index is -1.04. The topological polar surface area (TPSA) is 26.0 Å². The molecule has 2 aromatic carbocycles. The van der Waals surface area contributed by atoms with E-state index in [0.717, 1.165) is 0 Å². The summed E-state index contributed by atoms with van der Waals surface area (Å²) in [4.78, 5) is 0. The first-order valence-electron chi connectivity index (χ1n) is 6.54. The van der Waals surface area contributed by atoms with Gasteiger partial charge in [0.1, 0.15) is 17.5 Å². The third-order valence-electron chi connectivity index (χ3n) is 3.66. The molecule has 0 aliphatic rings. The van der Waals surface area contributed by atoms with Crippen molar-refractivity contribution in [1.82, 2.24) is 0 Å². The van der Waals surface area contributed by atoms with Gasteiger partial charge in [0.2, 0.25) is 0 Å². The fourth-order valence-corrected chi connectivity index (χ4v) is 2.65. The standard InChI is InChI=1S/C16H15BrF3N/c1-2-16(21,10-4-3-5-11(18)8-10)9-12-14(19)7-6-13(17)15(12)20/h3-8H,2,9,21H2,1H3. The maximum absolute atomic E-state index is 14.1. The lowest BCUT2D eigenvalue weighted by Crippen LogP contribution is -2.39. The molecule has 0 bridgehead atoms. The van der Waals surface area contributed by atoms with Crippen LogP contribution in [0.5, 0.6) is 0 Å². The van der Waals surface area contributed by atoms with Gasteiger partial charge >= 0.3 is 0 Å². The second kappa shape index (κ2) is 6.20. The molecule has 1 unspecified atom stereocenters. The van der Waals surface area contributed by atoms with Gasteiger partial charge in [-0.3, -0.25) is 0 Å². The normalized spacial score (nSPS) is 14.0. The molecule has 0 saturated carbocycles. The molecule has 0 fully saturated rings. The van der Waals surface area contributed by atoms with Crippen LogP contribution in [-0.4, -0.2) is 0 Å². The van der Waals surface area contributed by atoms with E-state index in [1.165, 1.54) is 30.3 Å². The smallest absolute Gasteiger partial charge is 0.143 e. The van der Waals surface area contributed by atoms with Crippen LogP contribution in [-0.2, 0) is 12.0 Å². The van der Waals surface area contributed by atoms with Crippen LogP contribution >= 0.6 is 15.9 Å². The average molecular weight is 358 g/mol. The van der Waals surface area contributed by atoms with Crippen LogP contribution in [0.15, 0.2) is 40.9 Å². The molecule has 2 N–H and O–H groups in total. The molecule has 0 aliphatic carbocycles. The first kappa shape index (κ1) is 16.0. The molecule has 1 nitrogen and oxygen atoms in total. The van der Waals surface area contributed by atoms with Crippen molar-refractivity contribution in [2.24, 2.45) is 5.73 Å². The van der Waals surface area contributed by atoms with Crippen LogP contribution < -0.4 is 5.73 Å². The van der Waals surface area contributed by atoms with Crippen LogP contribution in [0.1, 0.15) is 24.5 Å². The van der Waals surface area contributed by atoms with E-state index in [9.17, 15) is 13.2 Å². The molecule has 2 aromatic rings. The predicted octanol–water partition coefficient (Wildman–Crippen LogP) is 4.67. The van der Waals surface area contributed by atoms with Gasteiger partial charge in [0, 0.05) is 17.5 Å². The Morgan fingerprint density at radius 2 is 1.86 bits per heavy atom. The molecule has 0 aromatic heterocycles. The maximum Gasteiger partial charge on any atom is 0.143 e. The minimum Gasteiger partial charge on any atom is -0.321 e. The van der Waals surface area contributed by atoms with E-state index in [4.69, 9.17) is 5.73 Å². The van der Waals surface area contributed by atoms with E-state index in [1.54, 1.807) is 13.0 Å². The van der Waals surface area contributed by atoms with Crippen molar-refractivity contribution in [2.75, 3.05) is 0 Å². The Hall–Kier alpha value is -1.33. The summed E-state index contributed by atoms with van der Waals surface area (Å²) in [5.41, 5.74) is 5.67. The quantitative estimate of drug-likeness (QED) is 0.790. The zero-order valence-electron chi connectivity index (χ0n) is 11.5. The average Bonchev–Trinajstić information content (AvgIpc) is 2.47. The first-order chi connectivity index (χ1) is 9.87. The fraction of sp³-hybridized carbons (Fsp3) is 0.250. The van der Waals surface area contributed by atoms with Gasteiger partial charge in [-0.25, -0.2) is 13.2 Å². The van der Waals surface area contributed by atoms with Crippen LogP contribution in [0, 0.1) is 17.5 Å². The monoisotopic (exact) mass is 357 g/mol. The van der Waals surface area contributed by atoms with Crippen molar-refractivity contribution in [1.29, 1.82) is 0 Å². The lowest BCUT2D eigenvalue weighted by molar-refractivity contribution is 0.402. The Morgan fingerprint density at radius 1 is 1.14 bits per heavy atom. The molecule has 112 valence electrons. The minimum absolute atomic E-state index is 0.0515. The van der Waals surface area contributed by atoms with Gasteiger partial charge in [-0.1, -0.05) is 19.1 Å². The molecular formula is C16H15BrF3N. The summed E-state index contributed by atoms with van der Waals surface area (Å²) < 4.78 is 41.6. The molecule has 0 spiro atoms. The SMILES string of the molecule is CCC(N)(Cc1c(F)ccc(Br)c1F)c1cccc(F)c1. The molecule has 5 heteroatoms. The van der Waals surface area contributed by atoms with Crippen LogP contribution in [0.4, 0.5) is 13.2 Å². The number of benzene rings is 2. The van der Waals surface area contributed by atoms with Crippen LogP contribution in [0.3, 0.4) is 0 Å². The summed E-state index contributed by atoms with van der Waals surface area (Å²) in [6.07, 6.45) is 0.367. The van der Waals surface area contributed by atoms with E-state index >= 15 is 0 Å². The van der Waals surface area contributed by atoms with E-state index in [2.05, 4.69) is 15.9 Å². The number of hydrogen-bond donors (Lipinski definition) is 1. The van der Waals surface area contributed by atoms with Crippen molar-refractivity contribution < 1.29 is 13.2 Å². The Labute approximate surface area is 130 Å². The molecule has 2 rings (SSSR count). The molecule has 0 radical (unpaired) electrons. The van der Waals surface area contributed by atoms with E-state index < -0.39 is 23.0 Å². The summed E-state index contributed by atoms with van der Waals surface area (Å²) in [5.74, 6) is -1.75. The number of hydrogen-bond acceptors (Lipinski definition) is 1. The Balaban J connectivity index is 2.46. The highest BCUT2D eigenvalue weighted by atomic mass is 79.9. The first-order valence-corrected chi connectivity index (χ1v) is 7.34. The second-order valence-electron chi connectivity index (χ2n) is 5.02. The molecule has 21 heavy (non-hydrogen) atoms. The Kier molecular flexibility index (Phi) is 4.74. The molecule has 0 aliphatic heterocycles. The number of rotatable bonds is 4. The van der Waals surface area contributed by atoms with Crippen molar-refractivity contribution in [3.05, 3.63) is 69.4 Å². The highest BCUT2D eigenvalue weighted by Gasteiger charge is 2.29. The molecule has 0 amide bonds. The van der Waals surface area contributed by atoms with Crippen molar-refractivity contribution in [3.8, 4) is 0 Å². The molecular weight excluding hydrogens is 343 g/mol. The van der Waals surface area contributed by atoms with Crippen molar-refractivity contribution in [3.63, 3.8) is 0 Å². The predicted molar refractivity (Wildman–Crippen MR) is 80.3 cm³/mol. The van der Waals surface area contributed by atoms with Gasteiger partial charge in [0.15, 0.2) is 0 Å². The summed E-state index contributed by atoms with van der Waals surface area (Å²) in [6, 6.07) is 8.30. The van der Waals surface area contributed by atoms with Crippen LogP contribution in [0.2, 0.25) is 0 Å². The zero-order valence-corrected chi connectivity index (χ0v) is 13.1. The summed E-state index contributed by atoms with van der Waals surface area (Å²) in [5, 5.41) is 0. The number of nitrogens with two attached hydrogens (primary N) is 1. The molecule has 0 heterocycles. The lowest BCUT2D eigenvalue weighted by Gasteiger charge is -2.29. The highest BCUT2D eigenvalue weighted by molar-refractivity contribution is 9.10. The summed E-state index contributed by atoms with van der Waals surface area (Å²) >= 11 is 3.04. The van der Waals surface area contributed by atoms with E-state index in [0.29, 0.717) is 12.0 Å². The fourth-order valence-electron chi connectivity index (χ4n) is 2.28. The molecule has 0 saturated heterocycles. The number of halogens is 4. The van der Waals surface area contributed by atoms with E-state index in [-0.39, 0.29) is 16.5 Å². The zero-order chi connectivity index (χ0) is 15.6. The van der Waals surface area contributed by atoms with E-state index in [1.807, 2.05) is 0 Å². The Bertz CT molecular complexity index is 660. The van der Waals surface area contributed by atoms with Crippen molar-refractivity contribution in [2.45, 2.75) is 25.3 Å². The highest BCUT2D eigenvalue weighted by Crippen LogP contribution is 2.31. The van der Waals surface area contributed by atoms with Crippen LogP contribution in [0.25, 0.3) is 0 Å². The van der Waals surface area contributed by atoms with Gasteiger partial charge in [0.25, 0.3) is 0 Å². The summed E-state index contributed by atoms with van der Waals surface area (Å²) in [7, 11) is 0. The largest absolute Gasteiger partial charge is 0.321 e. The van der Waals surface area contributed by atoms with Gasteiger partial charge in [0.05, 0.1) is 4.47 Å². The van der Waals surface area contributed by atoms with Gasteiger partial charge < -0.3 is 5.73 Å². The van der Waals surface area contributed by atoms with Gasteiger partial charge in [-0.15, -0.1) is 0 Å². The lowest BCUT2D eigenvalue weighted by atomic mass is 9.82. The Morgan fingerprint density at radius 3 is 2.48 bits per heavy atom. The maximum atomic E-state index is 14.1. The molecule has 1 atom stereocenters. The van der Waals surface area contributed by atoms with Crippen molar-refractivity contribution >= 4 is 15.9 Å². The van der Waals surface area contributed by atoms with Gasteiger partial charge in [-0.2, -0.15) is 0 Å².